The van der Waals surface area contributed by atoms with Gasteiger partial charge in [-0.1, -0.05) is 25.6 Å². The molecule has 4 nitrogen and oxygen atoms in total. The normalized spacial score (nSPS) is 12.7. The summed E-state index contributed by atoms with van der Waals surface area (Å²) in [5.74, 6) is 1.14. The average molecular weight is 241 g/mol. The Morgan fingerprint density at radius 1 is 1.44 bits per heavy atom. The number of nitrogens with one attached hydrogen (secondary N) is 1. The molecule has 0 radical (unpaired) electrons. The maximum Gasteiger partial charge on any atom is 0.187 e. The zero-order valence-electron chi connectivity index (χ0n) is 9.81. The lowest BCUT2D eigenvalue weighted by Crippen LogP contribution is -2.12. The van der Waals surface area contributed by atoms with Gasteiger partial charge in [0, 0.05) is 36.9 Å². The molecule has 0 aliphatic heterocycles. The van der Waals surface area contributed by atoms with E-state index in [0.29, 0.717) is 0 Å². The molecular formula is C11H19N3OS. The van der Waals surface area contributed by atoms with Crippen molar-refractivity contribution in [1.29, 1.82) is 0 Å². The van der Waals surface area contributed by atoms with Crippen LogP contribution in [-0.2, 0) is 6.54 Å². The van der Waals surface area contributed by atoms with Crippen molar-refractivity contribution in [2.24, 2.45) is 5.92 Å². The molecular weight excluding hydrogens is 222 g/mol. The predicted octanol–water partition coefficient (Wildman–Crippen LogP) is 1.31. The van der Waals surface area contributed by atoms with Crippen LogP contribution < -0.4 is 5.32 Å². The summed E-state index contributed by atoms with van der Waals surface area (Å²) in [6.07, 6.45) is 3.70. The lowest BCUT2D eigenvalue weighted by atomic mass is 10.2. The highest BCUT2D eigenvalue weighted by atomic mass is 32.2. The molecule has 2 N–H and O–H groups in total. The highest BCUT2D eigenvalue weighted by Crippen LogP contribution is 2.15. The highest BCUT2D eigenvalue weighted by molar-refractivity contribution is 7.99. The Bertz CT molecular complexity index is 292. The summed E-state index contributed by atoms with van der Waals surface area (Å²) in [4.78, 5) is 8.54. The molecule has 5 heteroatoms. The summed E-state index contributed by atoms with van der Waals surface area (Å²) in [6.45, 7) is 6.05. The first-order chi connectivity index (χ1) is 7.76. The van der Waals surface area contributed by atoms with Crippen LogP contribution in [0.2, 0.25) is 0 Å². The zero-order chi connectivity index (χ0) is 11.8. The number of aromatic nitrogens is 2. The van der Waals surface area contributed by atoms with E-state index in [-0.39, 0.29) is 12.5 Å². The van der Waals surface area contributed by atoms with Crippen molar-refractivity contribution in [2.45, 2.75) is 25.5 Å². The third-order valence-corrected chi connectivity index (χ3v) is 3.27. The van der Waals surface area contributed by atoms with Crippen molar-refractivity contribution in [3.63, 3.8) is 0 Å². The van der Waals surface area contributed by atoms with Crippen LogP contribution in [0.15, 0.2) is 17.6 Å². The van der Waals surface area contributed by atoms with Crippen molar-refractivity contribution in [3.8, 4) is 0 Å². The van der Waals surface area contributed by atoms with E-state index < -0.39 is 0 Å². The largest absolute Gasteiger partial charge is 0.396 e. The Kier molecular flexibility index (Phi) is 6.37. The van der Waals surface area contributed by atoms with Gasteiger partial charge in [0.25, 0.3) is 0 Å². The Labute approximate surface area is 101 Å². The van der Waals surface area contributed by atoms with Gasteiger partial charge in [0.2, 0.25) is 0 Å². The summed E-state index contributed by atoms with van der Waals surface area (Å²) in [6, 6.07) is 0. The molecule has 0 aliphatic rings. The van der Waals surface area contributed by atoms with E-state index in [9.17, 15) is 0 Å². The van der Waals surface area contributed by atoms with Gasteiger partial charge in [-0.05, 0) is 12.5 Å². The van der Waals surface area contributed by atoms with Crippen LogP contribution in [0, 0.1) is 5.92 Å². The van der Waals surface area contributed by atoms with Crippen LogP contribution in [0.1, 0.15) is 19.4 Å². The van der Waals surface area contributed by atoms with E-state index in [1.165, 1.54) is 0 Å². The Morgan fingerprint density at radius 2 is 2.12 bits per heavy atom. The number of nitrogens with zero attached hydrogens (tertiary/aromatic N) is 2. The number of aliphatic hydroxyl groups excluding tert-OH is 1. The first kappa shape index (κ1) is 13.4. The SMILES string of the molecule is CCNCc1cnc(SCC(C)CO)nc1. The number of aliphatic hydroxyl groups is 1. The van der Waals surface area contributed by atoms with Gasteiger partial charge < -0.3 is 10.4 Å². The number of rotatable bonds is 7. The predicted molar refractivity (Wildman–Crippen MR) is 66.4 cm³/mol. The minimum Gasteiger partial charge on any atom is -0.396 e. The molecule has 0 amide bonds. The summed E-state index contributed by atoms with van der Waals surface area (Å²) in [5, 5.41) is 12.9. The standard InChI is InChI=1S/C11H19N3OS/c1-3-12-4-10-5-13-11(14-6-10)16-8-9(2)7-15/h5-6,9,12,15H,3-4,7-8H2,1-2H3. The van der Waals surface area contributed by atoms with Crippen LogP contribution in [-0.4, -0.2) is 34.0 Å². The molecule has 90 valence electrons. The van der Waals surface area contributed by atoms with Gasteiger partial charge in [-0.3, -0.25) is 0 Å². The molecule has 1 aromatic rings. The first-order valence-electron chi connectivity index (χ1n) is 5.51. The molecule has 1 unspecified atom stereocenters. The molecule has 0 bridgehead atoms. The van der Waals surface area contributed by atoms with E-state index in [2.05, 4.69) is 22.2 Å². The molecule has 0 fully saturated rings. The molecule has 1 atom stereocenters. The quantitative estimate of drug-likeness (QED) is 0.557. The Hall–Kier alpha value is -0.650. The Balaban J connectivity index is 2.38. The van der Waals surface area contributed by atoms with E-state index in [1.807, 2.05) is 19.3 Å². The van der Waals surface area contributed by atoms with Gasteiger partial charge in [-0.2, -0.15) is 0 Å². The Morgan fingerprint density at radius 3 is 2.69 bits per heavy atom. The van der Waals surface area contributed by atoms with E-state index in [1.54, 1.807) is 11.8 Å². The lowest BCUT2D eigenvalue weighted by molar-refractivity contribution is 0.250. The van der Waals surface area contributed by atoms with Crippen LogP contribution in [0.3, 0.4) is 0 Å². The third-order valence-electron chi connectivity index (χ3n) is 2.07. The monoisotopic (exact) mass is 241 g/mol. The second kappa shape index (κ2) is 7.60. The van der Waals surface area contributed by atoms with Gasteiger partial charge in [-0.15, -0.1) is 0 Å². The van der Waals surface area contributed by atoms with Crippen molar-refractivity contribution in [1.82, 2.24) is 15.3 Å². The van der Waals surface area contributed by atoms with Crippen molar-refractivity contribution in [2.75, 3.05) is 18.9 Å². The van der Waals surface area contributed by atoms with Crippen LogP contribution in [0.5, 0.6) is 0 Å². The first-order valence-corrected chi connectivity index (χ1v) is 6.50. The molecule has 16 heavy (non-hydrogen) atoms. The fourth-order valence-electron chi connectivity index (χ4n) is 1.05. The highest BCUT2D eigenvalue weighted by Gasteiger charge is 2.03. The summed E-state index contributed by atoms with van der Waals surface area (Å²) < 4.78 is 0. The topological polar surface area (TPSA) is 58.0 Å². The van der Waals surface area contributed by atoms with Gasteiger partial charge in [0.15, 0.2) is 5.16 Å². The van der Waals surface area contributed by atoms with E-state index in [4.69, 9.17) is 5.11 Å². The summed E-state index contributed by atoms with van der Waals surface area (Å²) in [7, 11) is 0. The zero-order valence-corrected chi connectivity index (χ0v) is 10.6. The number of hydrogen-bond donors (Lipinski definition) is 2. The maximum atomic E-state index is 8.89. The molecule has 1 aromatic heterocycles. The number of hydrogen-bond acceptors (Lipinski definition) is 5. The average Bonchev–Trinajstić information content (AvgIpc) is 2.34. The van der Waals surface area contributed by atoms with Crippen molar-refractivity contribution >= 4 is 11.8 Å². The van der Waals surface area contributed by atoms with Crippen molar-refractivity contribution < 1.29 is 5.11 Å². The summed E-state index contributed by atoms with van der Waals surface area (Å²) >= 11 is 1.58. The minimum absolute atomic E-state index is 0.214. The molecule has 0 spiro atoms. The minimum atomic E-state index is 0.214. The van der Waals surface area contributed by atoms with E-state index in [0.717, 1.165) is 29.6 Å². The number of thioether (sulfide) groups is 1. The van der Waals surface area contributed by atoms with Gasteiger partial charge in [0.05, 0.1) is 0 Å². The van der Waals surface area contributed by atoms with Crippen LogP contribution in [0.25, 0.3) is 0 Å². The molecule has 0 aromatic carbocycles. The van der Waals surface area contributed by atoms with Gasteiger partial charge >= 0.3 is 0 Å². The molecule has 0 saturated carbocycles. The molecule has 0 aliphatic carbocycles. The molecule has 1 heterocycles. The van der Waals surface area contributed by atoms with Crippen LogP contribution in [0.4, 0.5) is 0 Å². The second-order valence-electron chi connectivity index (χ2n) is 3.75. The molecule has 1 rings (SSSR count). The van der Waals surface area contributed by atoms with Gasteiger partial charge in [-0.25, -0.2) is 9.97 Å². The maximum absolute atomic E-state index is 8.89. The fraction of sp³-hybridized carbons (Fsp3) is 0.636. The summed E-state index contributed by atoms with van der Waals surface area (Å²) in [5.41, 5.74) is 1.10. The van der Waals surface area contributed by atoms with Crippen molar-refractivity contribution in [3.05, 3.63) is 18.0 Å². The van der Waals surface area contributed by atoms with E-state index >= 15 is 0 Å². The lowest BCUT2D eigenvalue weighted by Gasteiger charge is -2.06. The smallest absolute Gasteiger partial charge is 0.187 e. The third kappa shape index (κ3) is 4.92. The fourth-order valence-corrected chi connectivity index (χ4v) is 1.84. The van der Waals surface area contributed by atoms with Crippen LogP contribution >= 0.6 is 11.8 Å². The van der Waals surface area contributed by atoms with Gasteiger partial charge in [0.1, 0.15) is 0 Å². The molecule has 0 saturated heterocycles. The second-order valence-corrected chi connectivity index (χ2v) is 4.74.